The third kappa shape index (κ3) is 7.40. The molecule has 1 amide bonds. The van der Waals surface area contributed by atoms with Gasteiger partial charge in [0.2, 0.25) is 5.91 Å². The average Bonchev–Trinajstić information content (AvgIpc) is 2.31. The SMILES string of the molecule is COC(=O)[C@@H](CCC(C)C)NC(=O)[C@H](N)CC(=O)O. The van der Waals surface area contributed by atoms with Gasteiger partial charge >= 0.3 is 11.9 Å². The molecule has 0 bridgehead atoms. The number of esters is 1. The van der Waals surface area contributed by atoms with Crippen molar-refractivity contribution >= 4 is 17.8 Å². The fraction of sp³-hybridized carbons (Fsp3) is 0.750. The summed E-state index contributed by atoms with van der Waals surface area (Å²) in [7, 11) is 1.23. The number of carboxylic acid groups (broad SMARTS) is 1. The number of amides is 1. The lowest BCUT2D eigenvalue weighted by atomic mass is 10.0. The van der Waals surface area contributed by atoms with Gasteiger partial charge < -0.3 is 20.9 Å². The van der Waals surface area contributed by atoms with E-state index < -0.39 is 36.4 Å². The van der Waals surface area contributed by atoms with Crippen molar-refractivity contribution in [1.29, 1.82) is 0 Å². The molecule has 7 nitrogen and oxygen atoms in total. The van der Waals surface area contributed by atoms with Crippen molar-refractivity contribution in [3.63, 3.8) is 0 Å². The molecule has 110 valence electrons. The molecule has 0 aromatic carbocycles. The molecular formula is C12H22N2O5. The molecule has 0 spiro atoms. The fourth-order valence-corrected chi connectivity index (χ4v) is 1.45. The number of hydrogen-bond acceptors (Lipinski definition) is 5. The van der Waals surface area contributed by atoms with Crippen molar-refractivity contribution in [3.05, 3.63) is 0 Å². The standard InChI is InChI=1S/C12H22N2O5/c1-7(2)4-5-9(12(18)19-3)14-11(17)8(13)6-10(15)16/h7-9H,4-6,13H2,1-3H3,(H,14,17)(H,15,16)/t8-,9-/m1/s1. The maximum atomic E-state index is 11.6. The smallest absolute Gasteiger partial charge is 0.328 e. The van der Waals surface area contributed by atoms with E-state index in [1.165, 1.54) is 7.11 Å². The van der Waals surface area contributed by atoms with Crippen LogP contribution in [0.15, 0.2) is 0 Å². The Hall–Kier alpha value is -1.63. The Labute approximate surface area is 112 Å². The van der Waals surface area contributed by atoms with Gasteiger partial charge in [0.15, 0.2) is 0 Å². The summed E-state index contributed by atoms with van der Waals surface area (Å²) in [6.07, 6.45) is 0.675. The number of hydrogen-bond donors (Lipinski definition) is 3. The number of methoxy groups -OCH3 is 1. The van der Waals surface area contributed by atoms with E-state index in [0.29, 0.717) is 12.3 Å². The minimum absolute atomic E-state index is 0.372. The van der Waals surface area contributed by atoms with Crippen molar-refractivity contribution in [2.24, 2.45) is 11.7 Å². The van der Waals surface area contributed by atoms with Gasteiger partial charge in [-0.25, -0.2) is 4.79 Å². The molecule has 0 aliphatic carbocycles. The highest BCUT2D eigenvalue weighted by Gasteiger charge is 2.25. The molecule has 19 heavy (non-hydrogen) atoms. The van der Waals surface area contributed by atoms with Gasteiger partial charge in [0.25, 0.3) is 0 Å². The van der Waals surface area contributed by atoms with Crippen LogP contribution in [-0.4, -0.2) is 42.1 Å². The summed E-state index contributed by atoms with van der Waals surface area (Å²) < 4.78 is 4.60. The Bertz CT molecular complexity index is 330. The number of aliphatic carboxylic acids is 1. The predicted molar refractivity (Wildman–Crippen MR) is 68.2 cm³/mol. The number of carbonyl (C=O) groups excluding carboxylic acids is 2. The summed E-state index contributed by atoms with van der Waals surface area (Å²) in [5, 5.41) is 11.0. The van der Waals surface area contributed by atoms with Gasteiger partial charge in [-0.2, -0.15) is 0 Å². The van der Waals surface area contributed by atoms with Crippen LogP contribution in [0.3, 0.4) is 0 Å². The van der Waals surface area contributed by atoms with Crippen LogP contribution in [0.5, 0.6) is 0 Å². The maximum Gasteiger partial charge on any atom is 0.328 e. The van der Waals surface area contributed by atoms with E-state index in [0.717, 1.165) is 6.42 Å². The highest BCUT2D eigenvalue weighted by molar-refractivity contribution is 5.89. The van der Waals surface area contributed by atoms with Crippen LogP contribution in [-0.2, 0) is 19.1 Å². The topological polar surface area (TPSA) is 119 Å². The number of ether oxygens (including phenoxy) is 1. The Morgan fingerprint density at radius 2 is 1.84 bits per heavy atom. The second-order valence-corrected chi connectivity index (χ2v) is 4.76. The normalized spacial score (nSPS) is 13.7. The monoisotopic (exact) mass is 274 g/mol. The molecule has 2 atom stereocenters. The molecule has 0 saturated carbocycles. The Morgan fingerprint density at radius 1 is 1.26 bits per heavy atom. The number of carboxylic acids is 1. The molecule has 0 unspecified atom stereocenters. The quantitative estimate of drug-likeness (QED) is 0.531. The summed E-state index contributed by atoms with van der Waals surface area (Å²) >= 11 is 0. The molecule has 0 rings (SSSR count). The first-order valence-corrected chi connectivity index (χ1v) is 6.13. The first-order chi connectivity index (χ1) is 8.77. The van der Waals surface area contributed by atoms with E-state index in [1.807, 2.05) is 13.8 Å². The summed E-state index contributed by atoms with van der Waals surface area (Å²) in [5.41, 5.74) is 5.42. The van der Waals surface area contributed by atoms with Gasteiger partial charge in [-0.3, -0.25) is 9.59 Å². The molecule has 0 heterocycles. The molecule has 0 aliphatic rings. The van der Waals surface area contributed by atoms with Crippen LogP contribution in [0.1, 0.15) is 33.1 Å². The van der Waals surface area contributed by atoms with Crippen LogP contribution in [0.2, 0.25) is 0 Å². The van der Waals surface area contributed by atoms with Gasteiger partial charge in [0.05, 0.1) is 19.6 Å². The van der Waals surface area contributed by atoms with Gasteiger partial charge in [0.1, 0.15) is 6.04 Å². The lowest BCUT2D eigenvalue weighted by Crippen LogP contribution is -2.49. The van der Waals surface area contributed by atoms with E-state index >= 15 is 0 Å². The number of nitrogens with two attached hydrogens (primary N) is 1. The van der Waals surface area contributed by atoms with E-state index in [-0.39, 0.29) is 0 Å². The van der Waals surface area contributed by atoms with Gasteiger partial charge in [-0.1, -0.05) is 13.8 Å². The summed E-state index contributed by atoms with van der Waals surface area (Å²) in [5.74, 6) is -2.02. The lowest BCUT2D eigenvalue weighted by molar-refractivity contribution is -0.145. The number of rotatable bonds is 8. The average molecular weight is 274 g/mol. The molecule has 7 heteroatoms. The fourth-order valence-electron chi connectivity index (χ4n) is 1.45. The Morgan fingerprint density at radius 3 is 2.26 bits per heavy atom. The predicted octanol–water partition coefficient (Wildman–Crippen LogP) is -0.118. The molecule has 0 aromatic heterocycles. The van der Waals surface area contributed by atoms with Crippen molar-refractivity contribution in [3.8, 4) is 0 Å². The van der Waals surface area contributed by atoms with Crippen molar-refractivity contribution in [2.45, 2.75) is 45.2 Å². The van der Waals surface area contributed by atoms with Gasteiger partial charge in [-0.05, 0) is 18.8 Å². The van der Waals surface area contributed by atoms with E-state index in [2.05, 4.69) is 10.1 Å². The van der Waals surface area contributed by atoms with Crippen LogP contribution < -0.4 is 11.1 Å². The summed E-state index contributed by atoms with van der Waals surface area (Å²) in [6.45, 7) is 3.98. The van der Waals surface area contributed by atoms with Crippen LogP contribution in [0.25, 0.3) is 0 Å². The molecular weight excluding hydrogens is 252 g/mol. The van der Waals surface area contributed by atoms with E-state index in [4.69, 9.17) is 10.8 Å². The van der Waals surface area contributed by atoms with Crippen molar-refractivity contribution < 1.29 is 24.2 Å². The number of carbonyl (C=O) groups is 3. The lowest BCUT2D eigenvalue weighted by Gasteiger charge is -2.19. The third-order valence-corrected chi connectivity index (χ3v) is 2.57. The molecule has 4 N–H and O–H groups in total. The van der Waals surface area contributed by atoms with Gasteiger partial charge in [-0.15, -0.1) is 0 Å². The maximum absolute atomic E-state index is 11.6. The van der Waals surface area contributed by atoms with Crippen LogP contribution >= 0.6 is 0 Å². The number of nitrogens with one attached hydrogen (secondary N) is 1. The highest BCUT2D eigenvalue weighted by Crippen LogP contribution is 2.08. The van der Waals surface area contributed by atoms with Crippen molar-refractivity contribution in [2.75, 3.05) is 7.11 Å². The summed E-state index contributed by atoms with van der Waals surface area (Å²) in [6, 6.07) is -1.97. The summed E-state index contributed by atoms with van der Waals surface area (Å²) in [4.78, 5) is 33.6. The minimum atomic E-state index is -1.18. The minimum Gasteiger partial charge on any atom is -0.481 e. The van der Waals surface area contributed by atoms with E-state index in [1.54, 1.807) is 0 Å². The third-order valence-electron chi connectivity index (χ3n) is 2.57. The zero-order valence-corrected chi connectivity index (χ0v) is 11.5. The van der Waals surface area contributed by atoms with E-state index in [9.17, 15) is 14.4 Å². The first-order valence-electron chi connectivity index (χ1n) is 6.13. The Balaban J connectivity index is 4.49. The highest BCUT2D eigenvalue weighted by atomic mass is 16.5. The van der Waals surface area contributed by atoms with Crippen molar-refractivity contribution in [1.82, 2.24) is 5.32 Å². The van der Waals surface area contributed by atoms with Crippen LogP contribution in [0, 0.1) is 5.92 Å². The molecule has 0 fully saturated rings. The van der Waals surface area contributed by atoms with Crippen LogP contribution in [0.4, 0.5) is 0 Å². The largest absolute Gasteiger partial charge is 0.481 e. The molecule has 0 saturated heterocycles. The molecule has 0 aromatic rings. The first kappa shape index (κ1) is 17.4. The second kappa shape index (κ2) is 8.47. The Kier molecular flexibility index (Phi) is 7.74. The zero-order chi connectivity index (χ0) is 15.0. The van der Waals surface area contributed by atoms with Gasteiger partial charge in [0, 0.05) is 0 Å². The molecule has 0 radical (unpaired) electrons. The zero-order valence-electron chi connectivity index (χ0n) is 11.5. The molecule has 0 aliphatic heterocycles. The second-order valence-electron chi connectivity index (χ2n) is 4.76.